The Kier molecular flexibility index (Phi) is 5.95. The average molecular weight is 479 g/mol. The second-order valence-corrected chi connectivity index (χ2v) is 10.5. The minimum absolute atomic E-state index is 0.0971. The lowest BCUT2D eigenvalue weighted by Crippen LogP contribution is -2.50. The molecule has 1 saturated carbocycles. The van der Waals surface area contributed by atoms with E-state index in [0.717, 1.165) is 18.2 Å². The number of fused-ring (bicyclic) bond motifs is 1. The van der Waals surface area contributed by atoms with Crippen molar-refractivity contribution in [2.45, 2.75) is 24.2 Å². The Labute approximate surface area is 198 Å². The number of piperazine rings is 1. The van der Waals surface area contributed by atoms with Gasteiger partial charge in [0.05, 0.1) is 5.52 Å². The van der Waals surface area contributed by atoms with Crippen molar-refractivity contribution >= 4 is 38.4 Å². The Bertz CT molecular complexity index is 1320. The molecule has 8 nitrogen and oxygen atoms in total. The molecule has 1 N–H and O–H groups in total. The largest absolute Gasteiger partial charge is 0.339 e. The van der Waals surface area contributed by atoms with E-state index in [1.54, 1.807) is 47.5 Å². The first-order chi connectivity index (χ1) is 16.4. The van der Waals surface area contributed by atoms with Gasteiger partial charge >= 0.3 is 0 Å². The highest BCUT2D eigenvalue weighted by atomic mass is 32.2. The van der Waals surface area contributed by atoms with Gasteiger partial charge in [0.1, 0.15) is 4.90 Å². The summed E-state index contributed by atoms with van der Waals surface area (Å²) >= 11 is 0. The second-order valence-electron chi connectivity index (χ2n) is 8.83. The molecular formula is C25H26N4O4S. The number of amides is 2. The Hall–Kier alpha value is -3.46. The first-order valence-electron chi connectivity index (χ1n) is 11.4. The number of anilines is 1. The second kappa shape index (κ2) is 9.06. The maximum atomic E-state index is 13.0. The number of sulfonamides is 1. The van der Waals surface area contributed by atoms with Crippen LogP contribution in [-0.2, 0) is 14.8 Å². The molecule has 1 aliphatic heterocycles. The van der Waals surface area contributed by atoms with Crippen molar-refractivity contribution in [3.63, 3.8) is 0 Å². The number of rotatable bonds is 6. The van der Waals surface area contributed by atoms with Gasteiger partial charge in [0, 0.05) is 55.4 Å². The molecule has 2 aromatic carbocycles. The fourth-order valence-electron chi connectivity index (χ4n) is 4.22. The minimum atomic E-state index is -3.86. The van der Waals surface area contributed by atoms with Crippen LogP contribution >= 0.6 is 0 Å². The highest BCUT2D eigenvalue weighted by molar-refractivity contribution is 7.93. The summed E-state index contributed by atoms with van der Waals surface area (Å²) in [7, 11) is -3.86. The molecule has 2 amide bonds. The molecule has 1 saturated heterocycles. The average Bonchev–Trinajstić information content (AvgIpc) is 3.67. The zero-order valence-electron chi connectivity index (χ0n) is 18.7. The van der Waals surface area contributed by atoms with Crippen LogP contribution in [0.25, 0.3) is 10.9 Å². The molecule has 2 fully saturated rings. The summed E-state index contributed by atoms with van der Waals surface area (Å²) in [6, 6.07) is 15.0. The number of para-hydroxylation sites is 1. The summed E-state index contributed by atoms with van der Waals surface area (Å²) in [5.41, 5.74) is 1.24. The van der Waals surface area contributed by atoms with Crippen LogP contribution in [-0.4, -0.2) is 61.2 Å². The molecule has 0 atom stereocenters. The molecule has 34 heavy (non-hydrogen) atoms. The molecule has 3 aromatic rings. The Morgan fingerprint density at radius 3 is 2.29 bits per heavy atom. The number of carbonyl (C=O) groups excluding carboxylic acids is 2. The molecule has 0 bridgehead atoms. The van der Waals surface area contributed by atoms with E-state index in [9.17, 15) is 18.0 Å². The minimum Gasteiger partial charge on any atom is -0.339 e. The van der Waals surface area contributed by atoms with Crippen LogP contribution in [0.5, 0.6) is 0 Å². The van der Waals surface area contributed by atoms with E-state index in [1.165, 1.54) is 6.07 Å². The molecule has 176 valence electrons. The lowest BCUT2D eigenvalue weighted by molar-refractivity contribution is -0.133. The molecule has 0 spiro atoms. The summed E-state index contributed by atoms with van der Waals surface area (Å²) in [5.74, 6) is 0.620. The molecule has 2 heterocycles. The van der Waals surface area contributed by atoms with E-state index < -0.39 is 10.0 Å². The van der Waals surface area contributed by atoms with E-state index in [0.29, 0.717) is 55.3 Å². The van der Waals surface area contributed by atoms with E-state index in [1.807, 2.05) is 17.0 Å². The fraction of sp³-hybridized carbons (Fsp3) is 0.320. The van der Waals surface area contributed by atoms with Crippen LogP contribution in [0.2, 0.25) is 0 Å². The number of nitrogens with one attached hydrogen (secondary N) is 1. The summed E-state index contributed by atoms with van der Waals surface area (Å²) in [5, 5.41) is 0.737. The van der Waals surface area contributed by atoms with Gasteiger partial charge in [0.15, 0.2) is 0 Å². The van der Waals surface area contributed by atoms with Gasteiger partial charge in [0.25, 0.3) is 15.9 Å². The van der Waals surface area contributed by atoms with Crippen molar-refractivity contribution in [2.75, 3.05) is 30.9 Å². The summed E-state index contributed by atoms with van der Waals surface area (Å²) in [4.78, 5) is 33.1. The number of nitrogens with zero attached hydrogens (tertiary/aromatic N) is 3. The van der Waals surface area contributed by atoms with Gasteiger partial charge in [-0.15, -0.1) is 0 Å². The van der Waals surface area contributed by atoms with Crippen molar-refractivity contribution in [2.24, 2.45) is 5.92 Å². The van der Waals surface area contributed by atoms with Crippen molar-refractivity contribution in [1.29, 1.82) is 0 Å². The summed E-state index contributed by atoms with van der Waals surface area (Å²) in [6.45, 7) is 2.10. The van der Waals surface area contributed by atoms with Gasteiger partial charge in [-0.3, -0.25) is 19.3 Å². The van der Waals surface area contributed by atoms with E-state index in [2.05, 4.69) is 9.71 Å². The van der Waals surface area contributed by atoms with E-state index in [4.69, 9.17) is 0 Å². The maximum absolute atomic E-state index is 13.0. The predicted molar refractivity (Wildman–Crippen MR) is 129 cm³/mol. The van der Waals surface area contributed by atoms with Gasteiger partial charge < -0.3 is 9.80 Å². The number of benzene rings is 2. The molecule has 9 heteroatoms. The normalized spacial score (nSPS) is 16.5. The molecular weight excluding hydrogens is 452 g/mol. The van der Waals surface area contributed by atoms with Gasteiger partial charge in [-0.25, -0.2) is 8.42 Å². The monoisotopic (exact) mass is 478 g/mol. The van der Waals surface area contributed by atoms with E-state index >= 15 is 0 Å². The van der Waals surface area contributed by atoms with E-state index in [-0.39, 0.29) is 16.7 Å². The Morgan fingerprint density at radius 2 is 1.59 bits per heavy atom. The van der Waals surface area contributed by atoms with Gasteiger partial charge in [-0.2, -0.15) is 0 Å². The SMILES string of the molecule is O=C(CC1CC1)N1CCN(C(=O)c2ccc(NS(=O)(=O)c3cccc4cccnc34)cc2)CC1. The number of hydrogen-bond donors (Lipinski definition) is 1. The van der Waals surface area contributed by atoms with Crippen molar-refractivity contribution in [3.8, 4) is 0 Å². The van der Waals surface area contributed by atoms with Crippen LogP contribution < -0.4 is 4.72 Å². The van der Waals surface area contributed by atoms with Crippen LogP contribution in [0, 0.1) is 5.92 Å². The van der Waals surface area contributed by atoms with Crippen molar-refractivity contribution in [3.05, 3.63) is 66.4 Å². The topological polar surface area (TPSA) is 99.7 Å². The first-order valence-corrected chi connectivity index (χ1v) is 12.9. The highest BCUT2D eigenvalue weighted by Gasteiger charge is 2.30. The lowest BCUT2D eigenvalue weighted by atomic mass is 10.1. The third-order valence-corrected chi connectivity index (χ3v) is 7.76. The molecule has 1 aliphatic carbocycles. The lowest BCUT2D eigenvalue weighted by Gasteiger charge is -2.35. The van der Waals surface area contributed by atoms with Crippen molar-refractivity contribution in [1.82, 2.24) is 14.8 Å². The third kappa shape index (κ3) is 4.75. The van der Waals surface area contributed by atoms with Crippen molar-refractivity contribution < 1.29 is 18.0 Å². The standard InChI is InChI=1S/C25H26N4O4S/c30-23(17-18-6-7-18)28-13-15-29(16-14-28)25(31)20-8-10-21(11-9-20)27-34(32,33)22-5-1-3-19-4-2-12-26-24(19)22/h1-5,8-12,18,27H,6-7,13-17H2. The van der Waals surface area contributed by atoms with Crippen LogP contribution in [0.4, 0.5) is 5.69 Å². The Balaban J connectivity index is 1.23. The molecule has 1 aromatic heterocycles. The zero-order valence-corrected chi connectivity index (χ0v) is 19.5. The first kappa shape index (κ1) is 22.3. The van der Waals surface area contributed by atoms with Crippen LogP contribution in [0.15, 0.2) is 65.7 Å². The van der Waals surface area contributed by atoms with Crippen LogP contribution in [0.1, 0.15) is 29.6 Å². The maximum Gasteiger partial charge on any atom is 0.264 e. The van der Waals surface area contributed by atoms with Gasteiger partial charge in [0.2, 0.25) is 5.91 Å². The van der Waals surface area contributed by atoms with Gasteiger partial charge in [-0.1, -0.05) is 18.2 Å². The Morgan fingerprint density at radius 1 is 0.912 bits per heavy atom. The molecule has 0 radical (unpaired) electrons. The fourth-order valence-corrected chi connectivity index (χ4v) is 5.46. The summed E-state index contributed by atoms with van der Waals surface area (Å²) in [6.07, 6.45) is 4.48. The number of aromatic nitrogens is 1. The smallest absolute Gasteiger partial charge is 0.264 e. The molecule has 2 aliphatic rings. The number of pyridine rings is 1. The highest BCUT2D eigenvalue weighted by Crippen LogP contribution is 2.33. The number of hydrogen-bond acceptors (Lipinski definition) is 5. The zero-order chi connectivity index (χ0) is 23.7. The number of carbonyl (C=O) groups is 2. The molecule has 0 unspecified atom stereocenters. The predicted octanol–water partition coefficient (Wildman–Crippen LogP) is 3.12. The molecule has 5 rings (SSSR count). The quantitative estimate of drug-likeness (QED) is 0.587. The van der Waals surface area contributed by atoms with Crippen LogP contribution in [0.3, 0.4) is 0 Å². The third-order valence-electron chi connectivity index (χ3n) is 6.35. The summed E-state index contributed by atoms with van der Waals surface area (Å²) < 4.78 is 28.5. The van der Waals surface area contributed by atoms with Gasteiger partial charge in [-0.05, 0) is 55.2 Å².